The van der Waals surface area contributed by atoms with Gasteiger partial charge in [0.15, 0.2) is 0 Å². The van der Waals surface area contributed by atoms with Crippen molar-refractivity contribution in [2.45, 2.75) is 57.9 Å². The van der Waals surface area contributed by atoms with E-state index in [9.17, 15) is 0 Å². The second-order valence-electron chi connectivity index (χ2n) is 5.58. The van der Waals surface area contributed by atoms with E-state index in [-0.39, 0.29) is 24.8 Å². The molecule has 0 amide bonds. The van der Waals surface area contributed by atoms with E-state index in [1.807, 2.05) is 0 Å². The van der Waals surface area contributed by atoms with Crippen LogP contribution in [0.3, 0.4) is 0 Å². The van der Waals surface area contributed by atoms with Crippen molar-refractivity contribution in [3.8, 4) is 0 Å². The Balaban J connectivity index is 0.00000144. The predicted octanol–water partition coefficient (Wildman–Crippen LogP) is 3.48. The first kappa shape index (κ1) is 18.5. The average molecular weight is 297 g/mol. The summed E-state index contributed by atoms with van der Waals surface area (Å²) in [6, 6.07) is 0.899. The molecular formula is C14H30Cl2N2. The number of hydrogen-bond acceptors (Lipinski definition) is 2. The molecule has 0 aromatic heterocycles. The van der Waals surface area contributed by atoms with E-state index in [1.165, 1.54) is 71.1 Å². The lowest BCUT2D eigenvalue weighted by atomic mass is 9.93. The van der Waals surface area contributed by atoms with E-state index in [0.717, 1.165) is 12.0 Å². The lowest BCUT2D eigenvalue weighted by molar-refractivity contribution is 0.131. The largest absolute Gasteiger partial charge is 0.317 e. The monoisotopic (exact) mass is 296 g/mol. The van der Waals surface area contributed by atoms with Gasteiger partial charge in [0.1, 0.15) is 0 Å². The van der Waals surface area contributed by atoms with Crippen LogP contribution in [-0.4, -0.2) is 37.1 Å². The van der Waals surface area contributed by atoms with E-state index < -0.39 is 0 Å². The summed E-state index contributed by atoms with van der Waals surface area (Å²) < 4.78 is 0. The summed E-state index contributed by atoms with van der Waals surface area (Å²) in [5, 5.41) is 3.46. The Morgan fingerprint density at radius 3 is 2.44 bits per heavy atom. The van der Waals surface area contributed by atoms with Crippen molar-refractivity contribution in [2.24, 2.45) is 5.92 Å². The lowest BCUT2D eigenvalue weighted by Crippen LogP contribution is -2.40. The Morgan fingerprint density at radius 2 is 1.78 bits per heavy atom. The quantitative estimate of drug-likeness (QED) is 0.854. The third kappa shape index (κ3) is 5.64. The first-order valence-corrected chi connectivity index (χ1v) is 7.35. The molecule has 1 N–H and O–H groups in total. The molecule has 0 aromatic rings. The van der Waals surface area contributed by atoms with E-state index in [1.54, 1.807) is 0 Å². The second-order valence-corrected chi connectivity index (χ2v) is 5.58. The molecular weight excluding hydrogens is 267 g/mol. The van der Waals surface area contributed by atoms with Gasteiger partial charge in [0.25, 0.3) is 0 Å². The van der Waals surface area contributed by atoms with Gasteiger partial charge >= 0.3 is 0 Å². The fourth-order valence-corrected chi connectivity index (χ4v) is 3.34. The zero-order chi connectivity index (χ0) is 11.2. The molecule has 2 aliphatic heterocycles. The van der Waals surface area contributed by atoms with Gasteiger partial charge in [0, 0.05) is 6.04 Å². The normalized spacial score (nSPS) is 26.2. The van der Waals surface area contributed by atoms with Crippen LogP contribution in [0.15, 0.2) is 0 Å². The average Bonchev–Trinajstić information content (AvgIpc) is 2.38. The van der Waals surface area contributed by atoms with Crippen LogP contribution in [0, 0.1) is 5.92 Å². The standard InChI is InChI=1S/C14H28N2.2ClH/c1-2-14-5-3-4-11-16(14)12-8-13-6-9-15-10-7-13;;/h13-15H,2-12H2,1H3;2*1H. The van der Waals surface area contributed by atoms with E-state index in [0.29, 0.717) is 0 Å². The highest BCUT2D eigenvalue weighted by Crippen LogP contribution is 2.22. The molecule has 4 heteroatoms. The highest BCUT2D eigenvalue weighted by Gasteiger charge is 2.21. The van der Waals surface area contributed by atoms with Crippen LogP contribution in [-0.2, 0) is 0 Å². The molecule has 110 valence electrons. The van der Waals surface area contributed by atoms with Crippen molar-refractivity contribution >= 4 is 24.8 Å². The van der Waals surface area contributed by atoms with Crippen LogP contribution in [0.25, 0.3) is 0 Å². The minimum absolute atomic E-state index is 0. The van der Waals surface area contributed by atoms with E-state index >= 15 is 0 Å². The smallest absolute Gasteiger partial charge is 0.00926 e. The van der Waals surface area contributed by atoms with Crippen LogP contribution in [0.4, 0.5) is 0 Å². The topological polar surface area (TPSA) is 15.3 Å². The van der Waals surface area contributed by atoms with Crippen molar-refractivity contribution in [1.82, 2.24) is 10.2 Å². The van der Waals surface area contributed by atoms with Crippen LogP contribution in [0.2, 0.25) is 0 Å². The van der Waals surface area contributed by atoms with Crippen molar-refractivity contribution in [1.29, 1.82) is 0 Å². The molecule has 0 spiro atoms. The third-order valence-electron chi connectivity index (χ3n) is 4.50. The maximum Gasteiger partial charge on any atom is 0.00926 e. The molecule has 0 aromatic carbocycles. The third-order valence-corrected chi connectivity index (χ3v) is 4.50. The van der Waals surface area contributed by atoms with Gasteiger partial charge in [-0.05, 0) is 70.6 Å². The maximum absolute atomic E-state index is 3.46. The van der Waals surface area contributed by atoms with Gasteiger partial charge in [0.05, 0.1) is 0 Å². The maximum atomic E-state index is 3.46. The summed E-state index contributed by atoms with van der Waals surface area (Å²) >= 11 is 0. The SMILES string of the molecule is CCC1CCCCN1CCC1CCNCC1.Cl.Cl. The molecule has 0 aliphatic carbocycles. The molecule has 1 atom stereocenters. The molecule has 2 rings (SSSR count). The number of hydrogen-bond donors (Lipinski definition) is 1. The molecule has 1 unspecified atom stereocenters. The van der Waals surface area contributed by atoms with E-state index in [4.69, 9.17) is 0 Å². The molecule has 0 saturated carbocycles. The highest BCUT2D eigenvalue weighted by atomic mass is 35.5. The Bertz CT molecular complexity index is 196. The molecule has 2 saturated heterocycles. The summed E-state index contributed by atoms with van der Waals surface area (Å²) in [6.45, 7) is 7.59. The highest BCUT2D eigenvalue weighted by molar-refractivity contribution is 5.85. The Kier molecular flexibility index (Phi) is 10.6. The van der Waals surface area contributed by atoms with Gasteiger partial charge in [-0.3, -0.25) is 0 Å². The molecule has 2 aliphatic rings. The number of piperidine rings is 2. The molecule has 0 bridgehead atoms. The number of nitrogens with one attached hydrogen (secondary N) is 1. The fraction of sp³-hybridized carbons (Fsp3) is 1.00. The van der Waals surface area contributed by atoms with E-state index in [2.05, 4.69) is 17.1 Å². The minimum atomic E-state index is 0. The first-order chi connectivity index (χ1) is 7.90. The summed E-state index contributed by atoms with van der Waals surface area (Å²) in [5.41, 5.74) is 0. The van der Waals surface area contributed by atoms with Crippen LogP contribution in [0.1, 0.15) is 51.9 Å². The van der Waals surface area contributed by atoms with Crippen molar-refractivity contribution in [3.63, 3.8) is 0 Å². The Labute approximate surface area is 125 Å². The van der Waals surface area contributed by atoms with Crippen LogP contribution in [0.5, 0.6) is 0 Å². The van der Waals surface area contributed by atoms with Gasteiger partial charge in [-0.1, -0.05) is 13.3 Å². The molecule has 18 heavy (non-hydrogen) atoms. The number of rotatable bonds is 4. The predicted molar refractivity (Wildman–Crippen MR) is 84.2 cm³/mol. The molecule has 2 nitrogen and oxygen atoms in total. The summed E-state index contributed by atoms with van der Waals surface area (Å²) in [6.07, 6.45) is 9.95. The lowest BCUT2D eigenvalue weighted by Gasteiger charge is -2.36. The molecule has 2 heterocycles. The van der Waals surface area contributed by atoms with Gasteiger partial charge in [-0.15, -0.1) is 24.8 Å². The van der Waals surface area contributed by atoms with Gasteiger partial charge < -0.3 is 10.2 Å². The first-order valence-electron chi connectivity index (χ1n) is 7.35. The fourth-order valence-electron chi connectivity index (χ4n) is 3.34. The van der Waals surface area contributed by atoms with Crippen LogP contribution < -0.4 is 5.32 Å². The second kappa shape index (κ2) is 10.3. The van der Waals surface area contributed by atoms with Crippen molar-refractivity contribution < 1.29 is 0 Å². The van der Waals surface area contributed by atoms with Crippen molar-refractivity contribution in [3.05, 3.63) is 0 Å². The molecule has 2 fully saturated rings. The van der Waals surface area contributed by atoms with Crippen LogP contribution >= 0.6 is 24.8 Å². The number of nitrogens with zero attached hydrogens (tertiary/aromatic N) is 1. The minimum Gasteiger partial charge on any atom is -0.317 e. The zero-order valence-electron chi connectivity index (χ0n) is 11.7. The van der Waals surface area contributed by atoms with Gasteiger partial charge in [-0.25, -0.2) is 0 Å². The van der Waals surface area contributed by atoms with Crippen molar-refractivity contribution in [2.75, 3.05) is 26.2 Å². The number of likely N-dealkylation sites (tertiary alicyclic amines) is 1. The Hall–Kier alpha value is 0.500. The summed E-state index contributed by atoms with van der Waals surface area (Å²) in [4.78, 5) is 2.77. The summed E-state index contributed by atoms with van der Waals surface area (Å²) in [7, 11) is 0. The van der Waals surface area contributed by atoms with Gasteiger partial charge in [-0.2, -0.15) is 0 Å². The number of halogens is 2. The van der Waals surface area contributed by atoms with Gasteiger partial charge in [0.2, 0.25) is 0 Å². The Morgan fingerprint density at radius 1 is 1.06 bits per heavy atom. The zero-order valence-corrected chi connectivity index (χ0v) is 13.3. The molecule has 0 radical (unpaired) electrons. The summed E-state index contributed by atoms with van der Waals surface area (Å²) in [5.74, 6) is 1.00.